The number of rotatable bonds is 4. The molecule has 1 aromatic rings. The Kier molecular flexibility index (Phi) is 5.68. The third-order valence-corrected chi connectivity index (χ3v) is 2.16. The van der Waals surface area contributed by atoms with Gasteiger partial charge in [-0.3, -0.25) is 4.79 Å². The molecule has 0 aromatic heterocycles. The molecular weight excluding hydrogens is 280 g/mol. The average molecular weight is 293 g/mol. The van der Waals surface area contributed by atoms with Crippen molar-refractivity contribution in [1.29, 1.82) is 0 Å². The largest absolute Gasteiger partial charge is 0.364 e. The third kappa shape index (κ3) is 5.48. The summed E-state index contributed by atoms with van der Waals surface area (Å²) in [5.74, 6) is 5.86. The van der Waals surface area contributed by atoms with Crippen LogP contribution < -0.4 is 0 Å². The maximum absolute atomic E-state index is 11.2. The second-order valence-corrected chi connectivity index (χ2v) is 4.57. The van der Waals surface area contributed by atoms with Crippen molar-refractivity contribution in [2.75, 3.05) is 13.2 Å². The highest BCUT2D eigenvalue weighted by Crippen LogP contribution is 2.04. The zero-order valence-electron chi connectivity index (χ0n) is 9.63. The number of ether oxygens (including phenoxy) is 1. The molecule has 17 heavy (non-hydrogen) atoms. The first kappa shape index (κ1) is 13.7. The molecule has 1 aromatic carbocycles. The van der Waals surface area contributed by atoms with Crippen molar-refractivity contribution in [3.8, 4) is 11.8 Å². The summed E-state index contributed by atoms with van der Waals surface area (Å²) in [6.45, 7) is 5.98. The molecule has 0 fully saturated rings. The maximum Gasteiger partial charge on any atom is 0.159 e. The van der Waals surface area contributed by atoms with Crippen LogP contribution in [-0.2, 0) is 4.74 Å². The van der Waals surface area contributed by atoms with Crippen molar-refractivity contribution < 1.29 is 9.53 Å². The summed E-state index contributed by atoms with van der Waals surface area (Å²) in [7, 11) is 0. The van der Waals surface area contributed by atoms with E-state index < -0.39 is 0 Å². The second kappa shape index (κ2) is 7.05. The minimum Gasteiger partial charge on any atom is -0.364 e. The fraction of sp³-hybridized carbons (Fsp3) is 0.214. The summed E-state index contributed by atoms with van der Waals surface area (Å²) in [6, 6.07) is 7.24. The van der Waals surface area contributed by atoms with Gasteiger partial charge in [-0.2, -0.15) is 0 Å². The number of hydrogen-bond donors (Lipinski definition) is 0. The SMILES string of the molecule is C=C(Br)COCC#Cc1cccc(C(C)=O)c1. The first-order valence-electron chi connectivity index (χ1n) is 5.10. The molecule has 0 amide bonds. The van der Waals surface area contributed by atoms with E-state index in [4.69, 9.17) is 4.74 Å². The molecule has 0 saturated carbocycles. The Labute approximate surface area is 110 Å². The second-order valence-electron chi connectivity index (χ2n) is 3.45. The van der Waals surface area contributed by atoms with Crippen LogP contribution in [0.4, 0.5) is 0 Å². The van der Waals surface area contributed by atoms with Gasteiger partial charge in [0, 0.05) is 15.6 Å². The molecular formula is C14H13BrO2. The molecule has 0 spiro atoms. The number of ketones is 1. The van der Waals surface area contributed by atoms with Gasteiger partial charge >= 0.3 is 0 Å². The topological polar surface area (TPSA) is 26.3 Å². The van der Waals surface area contributed by atoms with E-state index in [1.807, 2.05) is 12.1 Å². The normalized spacial score (nSPS) is 9.29. The highest BCUT2D eigenvalue weighted by Gasteiger charge is 1.97. The number of carbonyl (C=O) groups is 1. The molecule has 2 nitrogen and oxygen atoms in total. The quantitative estimate of drug-likeness (QED) is 0.484. The smallest absolute Gasteiger partial charge is 0.159 e. The van der Waals surface area contributed by atoms with Gasteiger partial charge in [-0.25, -0.2) is 0 Å². The van der Waals surface area contributed by atoms with Crippen LogP contribution in [0.2, 0.25) is 0 Å². The summed E-state index contributed by atoms with van der Waals surface area (Å²) in [5.41, 5.74) is 1.49. The van der Waals surface area contributed by atoms with Crippen LogP contribution in [-0.4, -0.2) is 19.0 Å². The van der Waals surface area contributed by atoms with E-state index in [2.05, 4.69) is 34.3 Å². The Morgan fingerprint density at radius 2 is 2.29 bits per heavy atom. The number of benzene rings is 1. The van der Waals surface area contributed by atoms with E-state index >= 15 is 0 Å². The fourth-order valence-corrected chi connectivity index (χ4v) is 1.33. The lowest BCUT2D eigenvalue weighted by molar-refractivity contribution is 0.101. The molecule has 0 atom stereocenters. The summed E-state index contributed by atoms with van der Waals surface area (Å²) in [4.78, 5) is 11.2. The third-order valence-electron chi connectivity index (χ3n) is 1.93. The van der Waals surface area contributed by atoms with Crippen LogP contribution in [0.15, 0.2) is 35.3 Å². The Balaban J connectivity index is 2.56. The summed E-state index contributed by atoms with van der Waals surface area (Å²) in [5, 5.41) is 0. The molecule has 0 radical (unpaired) electrons. The van der Waals surface area contributed by atoms with Crippen LogP contribution in [0.1, 0.15) is 22.8 Å². The van der Waals surface area contributed by atoms with Gasteiger partial charge in [0.15, 0.2) is 5.78 Å². The summed E-state index contributed by atoms with van der Waals surface area (Å²) < 4.78 is 6.00. The summed E-state index contributed by atoms with van der Waals surface area (Å²) >= 11 is 3.19. The lowest BCUT2D eigenvalue weighted by Gasteiger charge is -1.96. The minimum atomic E-state index is 0.0421. The number of halogens is 1. The predicted octanol–water partition coefficient (Wildman–Crippen LogP) is 3.17. The standard InChI is InChI=1S/C14H13BrO2/c1-11(15)10-17-8-4-6-13-5-3-7-14(9-13)12(2)16/h3,5,7,9H,1,8,10H2,2H3. The van der Waals surface area contributed by atoms with Gasteiger partial charge in [0.2, 0.25) is 0 Å². The molecule has 88 valence electrons. The monoisotopic (exact) mass is 292 g/mol. The lowest BCUT2D eigenvalue weighted by Crippen LogP contribution is -1.94. The highest BCUT2D eigenvalue weighted by molar-refractivity contribution is 9.11. The van der Waals surface area contributed by atoms with E-state index in [0.29, 0.717) is 18.8 Å². The Morgan fingerprint density at radius 1 is 1.53 bits per heavy atom. The van der Waals surface area contributed by atoms with Gasteiger partial charge in [-0.05, 0) is 19.1 Å². The molecule has 0 unspecified atom stereocenters. The van der Waals surface area contributed by atoms with Crippen molar-refractivity contribution in [3.63, 3.8) is 0 Å². The molecule has 3 heteroatoms. The Morgan fingerprint density at radius 3 is 2.94 bits per heavy atom. The van der Waals surface area contributed by atoms with Crippen LogP contribution in [0.25, 0.3) is 0 Å². The zero-order valence-corrected chi connectivity index (χ0v) is 11.2. The first-order chi connectivity index (χ1) is 8.09. The first-order valence-corrected chi connectivity index (χ1v) is 5.90. The van der Waals surface area contributed by atoms with E-state index in [9.17, 15) is 4.79 Å². The van der Waals surface area contributed by atoms with Gasteiger partial charge < -0.3 is 4.74 Å². The van der Waals surface area contributed by atoms with E-state index in [0.717, 1.165) is 10.0 Å². The van der Waals surface area contributed by atoms with Crippen LogP contribution >= 0.6 is 15.9 Å². The summed E-state index contributed by atoms with van der Waals surface area (Å²) in [6.07, 6.45) is 0. The average Bonchev–Trinajstić information content (AvgIpc) is 2.28. The molecule has 0 N–H and O–H groups in total. The molecule has 0 aliphatic heterocycles. The lowest BCUT2D eigenvalue weighted by atomic mass is 10.1. The molecule has 0 aliphatic rings. The number of Topliss-reactive ketones (excluding diaryl/α,β-unsaturated/α-hetero) is 1. The molecule has 1 rings (SSSR count). The van der Waals surface area contributed by atoms with Crippen LogP contribution in [0.3, 0.4) is 0 Å². The van der Waals surface area contributed by atoms with Crippen LogP contribution in [0.5, 0.6) is 0 Å². The van der Waals surface area contributed by atoms with Crippen molar-refractivity contribution >= 4 is 21.7 Å². The Bertz CT molecular complexity index is 480. The number of hydrogen-bond acceptors (Lipinski definition) is 2. The van der Waals surface area contributed by atoms with Gasteiger partial charge in [0.05, 0.1) is 6.61 Å². The Hall–Kier alpha value is -1.37. The van der Waals surface area contributed by atoms with Crippen molar-refractivity contribution in [3.05, 3.63) is 46.5 Å². The molecule has 0 heterocycles. The van der Waals surface area contributed by atoms with E-state index in [1.54, 1.807) is 12.1 Å². The molecule has 0 aliphatic carbocycles. The molecule has 0 bridgehead atoms. The number of carbonyl (C=O) groups excluding carboxylic acids is 1. The maximum atomic E-state index is 11.2. The van der Waals surface area contributed by atoms with E-state index in [-0.39, 0.29) is 5.78 Å². The van der Waals surface area contributed by atoms with Crippen LogP contribution in [0, 0.1) is 11.8 Å². The van der Waals surface area contributed by atoms with Gasteiger partial charge in [0.25, 0.3) is 0 Å². The van der Waals surface area contributed by atoms with Crippen molar-refractivity contribution in [1.82, 2.24) is 0 Å². The van der Waals surface area contributed by atoms with Gasteiger partial charge in [-0.15, -0.1) is 0 Å². The zero-order chi connectivity index (χ0) is 12.7. The van der Waals surface area contributed by atoms with Gasteiger partial charge in [-0.1, -0.05) is 46.5 Å². The van der Waals surface area contributed by atoms with Crippen molar-refractivity contribution in [2.24, 2.45) is 0 Å². The van der Waals surface area contributed by atoms with E-state index in [1.165, 1.54) is 6.92 Å². The highest BCUT2D eigenvalue weighted by atomic mass is 79.9. The van der Waals surface area contributed by atoms with Crippen molar-refractivity contribution in [2.45, 2.75) is 6.92 Å². The van der Waals surface area contributed by atoms with Gasteiger partial charge in [0.1, 0.15) is 6.61 Å². The predicted molar refractivity (Wildman–Crippen MR) is 72.2 cm³/mol. The minimum absolute atomic E-state index is 0.0421. The molecule has 0 saturated heterocycles. The fourth-order valence-electron chi connectivity index (χ4n) is 1.17.